The fourth-order valence-electron chi connectivity index (χ4n) is 3.32. The summed E-state index contributed by atoms with van der Waals surface area (Å²) in [5.41, 5.74) is 0.931. The number of morpholine rings is 1. The monoisotopic (exact) mass is 419 g/mol. The van der Waals surface area contributed by atoms with E-state index in [9.17, 15) is 4.79 Å². The van der Waals surface area contributed by atoms with E-state index in [1.54, 1.807) is 7.11 Å². The molecule has 1 atom stereocenters. The Morgan fingerprint density at radius 2 is 1.87 bits per heavy atom. The maximum Gasteiger partial charge on any atom is 0.242 e. The van der Waals surface area contributed by atoms with Crippen LogP contribution in [0.5, 0.6) is 5.75 Å². The summed E-state index contributed by atoms with van der Waals surface area (Å²) >= 11 is 0. The summed E-state index contributed by atoms with van der Waals surface area (Å²) in [6.45, 7) is 12.6. The van der Waals surface area contributed by atoms with Crippen molar-refractivity contribution in [1.29, 1.82) is 0 Å². The van der Waals surface area contributed by atoms with E-state index in [-0.39, 0.29) is 24.0 Å². The summed E-state index contributed by atoms with van der Waals surface area (Å²) in [6, 6.07) is 8.33. The Hall–Kier alpha value is -2.32. The van der Waals surface area contributed by atoms with Crippen LogP contribution in [0.25, 0.3) is 0 Å². The Morgan fingerprint density at radius 1 is 1.20 bits per heavy atom. The molecule has 1 heterocycles. The number of carbonyl (C=O) groups is 1. The lowest BCUT2D eigenvalue weighted by molar-refractivity contribution is -0.121. The highest BCUT2D eigenvalue weighted by Gasteiger charge is 2.23. The highest BCUT2D eigenvalue weighted by molar-refractivity contribution is 5.85. The Kier molecular flexibility index (Phi) is 9.39. The predicted octanol–water partition coefficient (Wildman–Crippen LogP) is 1.54. The van der Waals surface area contributed by atoms with Crippen LogP contribution in [0.4, 0.5) is 0 Å². The Morgan fingerprint density at radius 3 is 2.43 bits per heavy atom. The second-order valence-corrected chi connectivity index (χ2v) is 8.31. The highest BCUT2D eigenvalue weighted by atomic mass is 16.5. The van der Waals surface area contributed by atoms with Crippen molar-refractivity contribution in [3.8, 4) is 5.75 Å². The van der Waals surface area contributed by atoms with Crippen LogP contribution < -0.4 is 20.7 Å². The fraction of sp³-hybridized carbons (Fsp3) is 0.636. The van der Waals surface area contributed by atoms with Crippen LogP contribution in [-0.2, 0) is 9.53 Å². The van der Waals surface area contributed by atoms with Crippen molar-refractivity contribution in [3.05, 3.63) is 29.8 Å². The van der Waals surface area contributed by atoms with Crippen LogP contribution in [-0.4, -0.2) is 75.4 Å². The van der Waals surface area contributed by atoms with Gasteiger partial charge in [0.15, 0.2) is 5.96 Å². The molecule has 0 saturated carbocycles. The number of nitrogens with zero attached hydrogens (tertiary/aromatic N) is 2. The molecule has 8 heteroatoms. The van der Waals surface area contributed by atoms with Gasteiger partial charge in [-0.3, -0.25) is 9.69 Å². The van der Waals surface area contributed by atoms with E-state index in [1.807, 2.05) is 39.8 Å². The summed E-state index contributed by atoms with van der Waals surface area (Å²) in [5.74, 6) is 1.38. The second kappa shape index (κ2) is 11.8. The van der Waals surface area contributed by atoms with E-state index in [0.717, 1.165) is 38.6 Å². The largest absolute Gasteiger partial charge is 0.497 e. The standard InChI is InChI=1S/C22H37N5O3/c1-6-23-21(25-16-20(28)26-22(2,3)4)24-15-19(27-11-13-30-14-12-27)17-7-9-18(29-5)10-8-17/h7-10,19H,6,11-16H2,1-5H3,(H,26,28)(H2,23,24,25). The average molecular weight is 420 g/mol. The molecule has 0 bridgehead atoms. The van der Waals surface area contributed by atoms with E-state index in [1.165, 1.54) is 5.56 Å². The summed E-state index contributed by atoms with van der Waals surface area (Å²) in [4.78, 5) is 19.0. The van der Waals surface area contributed by atoms with Gasteiger partial charge >= 0.3 is 0 Å². The van der Waals surface area contributed by atoms with Gasteiger partial charge in [0, 0.05) is 31.7 Å². The molecule has 1 aliphatic heterocycles. The van der Waals surface area contributed by atoms with Crippen molar-refractivity contribution in [3.63, 3.8) is 0 Å². The number of carbonyl (C=O) groups excluding carboxylic acids is 1. The Labute approximate surface area is 180 Å². The molecule has 3 N–H and O–H groups in total. The van der Waals surface area contributed by atoms with Gasteiger partial charge in [0.05, 0.1) is 26.4 Å². The second-order valence-electron chi connectivity index (χ2n) is 8.31. The maximum atomic E-state index is 12.1. The van der Waals surface area contributed by atoms with Crippen LogP contribution in [0.3, 0.4) is 0 Å². The lowest BCUT2D eigenvalue weighted by Crippen LogP contribution is -2.47. The first-order valence-electron chi connectivity index (χ1n) is 10.6. The molecule has 1 unspecified atom stereocenters. The zero-order valence-electron chi connectivity index (χ0n) is 19.0. The molecule has 1 fully saturated rings. The number of amides is 1. The number of hydrogen-bond donors (Lipinski definition) is 3. The molecule has 30 heavy (non-hydrogen) atoms. The van der Waals surface area contributed by atoms with Crippen molar-refractivity contribution < 1.29 is 14.3 Å². The average Bonchev–Trinajstić information content (AvgIpc) is 2.72. The third-order valence-corrected chi connectivity index (χ3v) is 4.69. The zero-order valence-corrected chi connectivity index (χ0v) is 19.0. The lowest BCUT2D eigenvalue weighted by atomic mass is 10.0. The van der Waals surface area contributed by atoms with Crippen LogP contribution in [0, 0.1) is 0 Å². The number of guanidine groups is 1. The quantitative estimate of drug-likeness (QED) is 0.438. The van der Waals surface area contributed by atoms with Gasteiger partial charge in [-0.1, -0.05) is 12.1 Å². The molecule has 1 aromatic carbocycles. The van der Waals surface area contributed by atoms with E-state index >= 15 is 0 Å². The SMILES string of the molecule is CCNC(=NCC(=O)NC(C)(C)C)NCC(c1ccc(OC)cc1)N1CCOCC1. The zero-order chi connectivity index (χ0) is 22.0. The lowest BCUT2D eigenvalue weighted by Gasteiger charge is -2.35. The molecule has 1 aliphatic rings. The molecule has 1 aromatic rings. The van der Waals surface area contributed by atoms with Gasteiger partial charge in [-0.15, -0.1) is 0 Å². The first kappa shape index (κ1) is 24.0. The topological polar surface area (TPSA) is 87.2 Å². The van der Waals surface area contributed by atoms with Crippen LogP contribution in [0.2, 0.25) is 0 Å². The van der Waals surface area contributed by atoms with Gasteiger partial charge in [-0.25, -0.2) is 4.99 Å². The minimum atomic E-state index is -0.270. The molecule has 1 saturated heterocycles. The number of aliphatic imine (C=N–C) groups is 1. The van der Waals surface area contributed by atoms with Crippen molar-refractivity contribution in [2.75, 3.05) is 53.0 Å². The summed E-state index contributed by atoms with van der Waals surface area (Å²) in [7, 11) is 1.67. The number of hydrogen-bond acceptors (Lipinski definition) is 5. The van der Waals surface area contributed by atoms with Gasteiger partial charge in [-0.2, -0.15) is 0 Å². The van der Waals surface area contributed by atoms with Gasteiger partial charge in [0.25, 0.3) is 0 Å². The van der Waals surface area contributed by atoms with Crippen molar-refractivity contribution >= 4 is 11.9 Å². The highest BCUT2D eigenvalue weighted by Crippen LogP contribution is 2.23. The molecule has 8 nitrogen and oxygen atoms in total. The first-order valence-corrected chi connectivity index (χ1v) is 10.6. The molecular weight excluding hydrogens is 382 g/mol. The molecule has 1 amide bonds. The Bertz CT molecular complexity index is 679. The van der Waals surface area contributed by atoms with E-state index in [0.29, 0.717) is 12.5 Å². The minimum absolute atomic E-state index is 0.0807. The smallest absolute Gasteiger partial charge is 0.242 e. The van der Waals surface area contributed by atoms with Crippen LogP contribution in [0.15, 0.2) is 29.3 Å². The molecule has 0 aromatic heterocycles. The predicted molar refractivity (Wildman–Crippen MR) is 120 cm³/mol. The van der Waals surface area contributed by atoms with Gasteiger partial charge < -0.3 is 25.4 Å². The first-order chi connectivity index (χ1) is 14.3. The molecule has 0 aliphatic carbocycles. The van der Waals surface area contributed by atoms with E-state index in [4.69, 9.17) is 9.47 Å². The molecule has 2 rings (SSSR count). The van der Waals surface area contributed by atoms with Gasteiger partial charge in [0.2, 0.25) is 5.91 Å². The fourth-order valence-corrected chi connectivity index (χ4v) is 3.32. The van der Waals surface area contributed by atoms with E-state index < -0.39 is 0 Å². The molecule has 0 spiro atoms. The Balaban J connectivity index is 2.07. The summed E-state index contributed by atoms with van der Waals surface area (Å²) in [6.07, 6.45) is 0. The number of ether oxygens (including phenoxy) is 2. The van der Waals surface area contributed by atoms with Crippen molar-refractivity contribution in [1.82, 2.24) is 20.9 Å². The number of rotatable bonds is 8. The third-order valence-electron chi connectivity index (χ3n) is 4.69. The number of methoxy groups -OCH3 is 1. The maximum absolute atomic E-state index is 12.1. The number of benzene rings is 1. The van der Waals surface area contributed by atoms with Crippen molar-refractivity contribution in [2.24, 2.45) is 4.99 Å². The van der Waals surface area contributed by atoms with Gasteiger partial charge in [0.1, 0.15) is 12.3 Å². The third kappa shape index (κ3) is 8.20. The van der Waals surface area contributed by atoms with Crippen LogP contribution in [0.1, 0.15) is 39.3 Å². The molecule has 168 valence electrons. The van der Waals surface area contributed by atoms with Gasteiger partial charge in [-0.05, 0) is 45.4 Å². The van der Waals surface area contributed by atoms with Crippen molar-refractivity contribution in [2.45, 2.75) is 39.3 Å². The molecular formula is C22H37N5O3. The minimum Gasteiger partial charge on any atom is -0.497 e. The normalized spacial score (nSPS) is 16.6. The van der Waals surface area contributed by atoms with E-state index in [2.05, 4.69) is 38.0 Å². The summed E-state index contributed by atoms with van der Waals surface area (Å²) < 4.78 is 10.8. The number of nitrogens with one attached hydrogen (secondary N) is 3. The van der Waals surface area contributed by atoms with Crippen LogP contribution >= 0.6 is 0 Å². The molecule has 0 radical (unpaired) electrons. The summed E-state index contributed by atoms with van der Waals surface area (Å²) in [5, 5.41) is 9.57.